The molecule has 1 heterocycles. The van der Waals surface area contributed by atoms with E-state index >= 15 is 0 Å². The molecule has 0 aromatic heterocycles. The Kier molecular flexibility index (Phi) is 11.0. The highest BCUT2D eigenvalue weighted by Crippen LogP contribution is 2.31. The first-order chi connectivity index (χ1) is 16.2. The van der Waals surface area contributed by atoms with Crippen LogP contribution in [-0.4, -0.2) is 28.7 Å². The number of thiol groups is 1. The minimum Gasteiger partial charge on any atom is -0.390 e. The molecule has 1 N–H and O–H groups in total. The van der Waals surface area contributed by atoms with Crippen LogP contribution < -0.4 is 4.90 Å². The van der Waals surface area contributed by atoms with Gasteiger partial charge in [-0.2, -0.15) is 0 Å². The quantitative estimate of drug-likeness (QED) is 0.414. The topological polar surface area (TPSA) is 26.7 Å². The summed E-state index contributed by atoms with van der Waals surface area (Å²) in [5.74, 6) is 0. The molecule has 0 unspecified atom stereocenters. The van der Waals surface area contributed by atoms with Crippen molar-refractivity contribution in [3.63, 3.8) is 0 Å². The maximum atomic E-state index is 10.0. The van der Waals surface area contributed by atoms with E-state index in [9.17, 15) is 5.11 Å². The number of allylic oxidation sites excluding steroid dienone is 1. The second-order valence-electron chi connectivity index (χ2n) is 9.22. The smallest absolute Gasteiger partial charge is 0.0598 e. The predicted molar refractivity (Wildman–Crippen MR) is 151 cm³/mol. The van der Waals surface area contributed by atoms with Crippen LogP contribution in [0.15, 0.2) is 84.2 Å². The monoisotopic (exact) mass is 478 g/mol. The zero-order valence-electron chi connectivity index (χ0n) is 21.6. The van der Waals surface area contributed by atoms with Gasteiger partial charge in [-0.3, -0.25) is 0 Å². The Hall–Kier alpha value is -2.43. The molecule has 4 heteroatoms. The molecule has 1 saturated heterocycles. The molecule has 1 fully saturated rings. The number of hydrogen-bond acceptors (Lipinski definition) is 4. The van der Waals surface area contributed by atoms with Gasteiger partial charge >= 0.3 is 0 Å². The number of aliphatic hydroxyl groups is 1. The molecule has 0 saturated carbocycles. The molecule has 0 amide bonds. The molecule has 0 bridgehead atoms. The maximum absolute atomic E-state index is 10.0. The number of rotatable bonds is 7. The van der Waals surface area contributed by atoms with Crippen LogP contribution in [0.4, 0.5) is 5.69 Å². The zero-order valence-corrected chi connectivity index (χ0v) is 22.5. The van der Waals surface area contributed by atoms with Gasteiger partial charge in [0.15, 0.2) is 0 Å². The first kappa shape index (κ1) is 27.8. The third-order valence-corrected chi connectivity index (χ3v) is 6.29. The van der Waals surface area contributed by atoms with Gasteiger partial charge in [-0.25, -0.2) is 0 Å². The summed E-state index contributed by atoms with van der Waals surface area (Å²) in [6.45, 7) is 16.2. The molecule has 2 aromatic rings. The maximum Gasteiger partial charge on any atom is 0.0598 e. The summed E-state index contributed by atoms with van der Waals surface area (Å²) in [5, 5.41) is 11.8. The Morgan fingerprint density at radius 2 is 1.74 bits per heavy atom. The molecule has 0 radical (unpaired) electrons. The summed E-state index contributed by atoms with van der Waals surface area (Å²) in [5.41, 5.74) is 6.77. The minimum absolute atomic E-state index is 0.629. The third kappa shape index (κ3) is 8.11. The molecular formula is C30H42N2OS. The van der Waals surface area contributed by atoms with Gasteiger partial charge in [0.05, 0.1) is 17.0 Å². The number of benzene rings is 2. The van der Waals surface area contributed by atoms with E-state index in [-0.39, 0.29) is 0 Å². The Balaban J connectivity index is 0.000000430. The predicted octanol–water partition coefficient (Wildman–Crippen LogP) is 7.14. The van der Waals surface area contributed by atoms with Gasteiger partial charge in [-0.1, -0.05) is 62.9 Å². The largest absolute Gasteiger partial charge is 0.390 e. The summed E-state index contributed by atoms with van der Waals surface area (Å²) in [6, 6.07) is 17.1. The molecule has 1 aliphatic rings. The third-order valence-electron chi connectivity index (χ3n) is 6.16. The molecule has 0 atom stereocenters. The Bertz CT molecular complexity index is 973. The van der Waals surface area contributed by atoms with E-state index < -0.39 is 5.60 Å². The molecule has 0 aliphatic carbocycles. The van der Waals surface area contributed by atoms with Gasteiger partial charge in [0, 0.05) is 25.0 Å². The summed E-state index contributed by atoms with van der Waals surface area (Å²) < 4.78 is 0. The lowest BCUT2D eigenvalue weighted by Gasteiger charge is -2.39. The van der Waals surface area contributed by atoms with E-state index in [1.54, 1.807) is 5.41 Å². The van der Waals surface area contributed by atoms with Crippen LogP contribution in [0.5, 0.6) is 0 Å². The van der Waals surface area contributed by atoms with Gasteiger partial charge in [0.2, 0.25) is 0 Å². The van der Waals surface area contributed by atoms with Crippen molar-refractivity contribution in [1.29, 1.82) is 0 Å². The van der Waals surface area contributed by atoms with Crippen molar-refractivity contribution in [2.24, 2.45) is 0 Å². The molecule has 34 heavy (non-hydrogen) atoms. The highest BCUT2D eigenvalue weighted by atomic mass is 32.1. The summed E-state index contributed by atoms with van der Waals surface area (Å²) >= 11 is 4.20. The molecule has 2 aromatic carbocycles. The molecule has 3 rings (SSSR count). The van der Waals surface area contributed by atoms with Crippen LogP contribution >= 0.6 is 12.6 Å². The fraction of sp³-hybridized carbons (Fsp3) is 0.400. The number of aryl methyl sites for hydroxylation is 3. The van der Waals surface area contributed by atoms with E-state index in [4.69, 9.17) is 0 Å². The van der Waals surface area contributed by atoms with E-state index in [1.165, 1.54) is 22.4 Å². The summed E-state index contributed by atoms with van der Waals surface area (Å²) in [4.78, 5) is 4.47. The van der Waals surface area contributed by atoms with Crippen LogP contribution in [0.25, 0.3) is 0 Å². The van der Waals surface area contributed by atoms with Crippen molar-refractivity contribution in [3.8, 4) is 0 Å². The van der Waals surface area contributed by atoms with Crippen LogP contribution in [0.2, 0.25) is 0 Å². The fourth-order valence-electron chi connectivity index (χ4n) is 4.13. The number of anilines is 1. The SMILES string of the molecule is C=C1/C(=C/C)N(/C=C/S)CCN1c1ccc(CCC(C)(C)O)c(CC)c1.CCc1ccccc1. The standard InChI is InChI=1S/C22H32N2OS.C8H10/c1-6-18-16-20(9-8-19(18)10-11-22(4,5)25)24-13-12-23(14-15-26)21(7-2)17(24)3;1-2-8-6-4-3-5-7-8/h7-9,14-16,25-26H,3,6,10-13H2,1-2,4-5H3;3-7H,2H2,1H3/b15-14+,21-7-;. The Labute approximate surface area is 212 Å². The van der Waals surface area contributed by atoms with Crippen molar-refractivity contribution in [2.75, 3.05) is 18.0 Å². The van der Waals surface area contributed by atoms with E-state index in [0.29, 0.717) is 0 Å². The Morgan fingerprint density at radius 3 is 2.26 bits per heavy atom. The van der Waals surface area contributed by atoms with Crippen LogP contribution in [-0.2, 0) is 19.3 Å². The van der Waals surface area contributed by atoms with Crippen molar-refractivity contribution in [1.82, 2.24) is 4.90 Å². The normalized spacial score (nSPS) is 15.6. The lowest BCUT2D eigenvalue weighted by Crippen LogP contribution is -2.40. The van der Waals surface area contributed by atoms with Crippen LogP contribution in [0, 0.1) is 0 Å². The Morgan fingerprint density at radius 1 is 1.03 bits per heavy atom. The van der Waals surface area contributed by atoms with E-state index in [0.717, 1.165) is 50.2 Å². The average molecular weight is 479 g/mol. The van der Waals surface area contributed by atoms with E-state index in [2.05, 4.69) is 91.4 Å². The van der Waals surface area contributed by atoms with E-state index in [1.807, 2.05) is 33.0 Å². The van der Waals surface area contributed by atoms with Crippen molar-refractivity contribution < 1.29 is 5.11 Å². The molecule has 1 aliphatic heterocycles. The number of nitrogens with zero attached hydrogens (tertiary/aromatic N) is 2. The summed E-state index contributed by atoms with van der Waals surface area (Å²) in [7, 11) is 0. The number of piperazine rings is 1. The lowest BCUT2D eigenvalue weighted by atomic mass is 9.94. The average Bonchev–Trinajstić information content (AvgIpc) is 2.83. The summed E-state index contributed by atoms with van der Waals surface area (Å²) in [6.07, 6.45) is 7.87. The van der Waals surface area contributed by atoms with Gasteiger partial charge in [0.25, 0.3) is 0 Å². The second kappa shape index (κ2) is 13.5. The van der Waals surface area contributed by atoms with Crippen LogP contribution in [0.3, 0.4) is 0 Å². The van der Waals surface area contributed by atoms with Crippen molar-refractivity contribution >= 4 is 18.3 Å². The van der Waals surface area contributed by atoms with Crippen molar-refractivity contribution in [2.45, 2.75) is 65.9 Å². The van der Waals surface area contributed by atoms with Gasteiger partial charge < -0.3 is 14.9 Å². The first-order valence-electron chi connectivity index (χ1n) is 12.3. The molecule has 184 valence electrons. The second-order valence-corrected chi connectivity index (χ2v) is 9.52. The lowest BCUT2D eigenvalue weighted by molar-refractivity contribution is 0.0713. The zero-order chi connectivity index (χ0) is 25.1. The van der Waals surface area contributed by atoms with Gasteiger partial charge in [0.1, 0.15) is 0 Å². The van der Waals surface area contributed by atoms with Crippen LogP contribution in [0.1, 0.15) is 57.7 Å². The van der Waals surface area contributed by atoms with Gasteiger partial charge in [-0.05, 0) is 80.7 Å². The highest BCUT2D eigenvalue weighted by Gasteiger charge is 2.24. The molecule has 3 nitrogen and oxygen atoms in total. The fourth-order valence-corrected chi connectivity index (χ4v) is 4.29. The highest BCUT2D eigenvalue weighted by molar-refractivity contribution is 7.83. The van der Waals surface area contributed by atoms with Crippen molar-refractivity contribution in [3.05, 3.63) is 101 Å². The molecule has 0 spiro atoms. The molecular weight excluding hydrogens is 436 g/mol. The first-order valence-corrected chi connectivity index (χ1v) is 12.8. The minimum atomic E-state index is -0.629. The van der Waals surface area contributed by atoms with Gasteiger partial charge in [-0.15, -0.1) is 12.6 Å². The number of hydrogen-bond donors (Lipinski definition) is 2.